The summed E-state index contributed by atoms with van der Waals surface area (Å²) >= 11 is 0. The van der Waals surface area contributed by atoms with E-state index in [0.717, 1.165) is 32.8 Å². The van der Waals surface area contributed by atoms with Crippen LogP contribution in [0.25, 0.3) is 27.6 Å². The van der Waals surface area contributed by atoms with Gasteiger partial charge in [0.2, 0.25) is 5.91 Å². The van der Waals surface area contributed by atoms with Crippen molar-refractivity contribution >= 4 is 110 Å². The van der Waals surface area contributed by atoms with Crippen molar-refractivity contribution < 1.29 is 24.6 Å². The van der Waals surface area contributed by atoms with Crippen LogP contribution in [-0.2, 0) is 20.9 Å². The molecule has 0 spiro atoms. The molecule has 4 N–H and O–H groups in total. The number of carbonyl (C=O) groups excluding carboxylic acids is 1. The Morgan fingerprint density at radius 2 is 1.33 bits per heavy atom. The van der Waals surface area contributed by atoms with Gasteiger partial charge in [0.25, 0.3) is 0 Å². The topological polar surface area (TPSA) is 121 Å². The number of fused-ring (bicyclic) bond motifs is 2. The maximum absolute atomic E-state index is 14.0. The van der Waals surface area contributed by atoms with Gasteiger partial charge in [-0.2, -0.15) is 0 Å². The van der Waals surface area contributed by atoms with Crippen molar-refractivity contribution in [3.05, 3.63) is 132 Å². The third kappa shape index (κ3) is 10.3. The molecule has 48 heavy (non-hydrogen) atoms. The summed E-state index contributed by atoms with van der Waals surface area (Å²) in [5.41, 5.74) is 9.59. The number of carboxylic acid groups (broad SMARTS) is 2. The first-order chi connectivity index (χ1) is 22.2. The van der Waals surface area contributed by atoms with E-state index in [1.54, 1.807) is 4.90 Å². The Labute approximate surface area is 325 Å². The molecule has 0 saturated heterocycles. The number of nitrogen functional groups attached to an aromatic ring is 1. The van der Waals surface area contributed by atoms with Crippen LogP contribution in [0.15, 0.2) is 115 Å². The van der Waals surface area contributed by atoms with Crippen molar-refractivity contribution in [1.82, 2.24) is 4.90 Å². The average Bonchev–Trinajstić information content (AvgIpc) is 3.05. The van der Waals surface area contributed by atoms with Gasteiger partial charge < -0.3 is 20.8 Å². The average molecular weight is 663 g/mol. The van der Waals surface area contributed by atoms with Gasteiger partial charge >= 0.3 is 71.1 Å². The summed E-state index contributed by atoms with van der Waals surface area (Å²) in [7, 11) is 0. The van der Waals surface area contributed by atoms with Gasteiger partial charge in [-0.05, 0) is 75.8 Å². The van der Waals surface area contributed by atoms with Gasteiger partial charge in [0.1, 0.15) is 0 Å². The third-order valence-corrected chi connectivity index (χ3v) is 8.59. The van der Waals surface area contributed by atoms with E-state index in [2.05, 4.69) is 42.5 Å². The van der Waals surface area contributed by atoms with Crippen LogP contribution in [0.3, 0.4) is 0 Å². The Bertz CT molecular complexity index is 1890. The number of benzene rings is 5. The number of nitrogens with zero attached hydrogens (tertiary/aromatic N) is 1. The summed E-state index contributed by atoms with van der Waals surface area (Å²) in [6.07, 6.45) is 3.73. The molecular weight excluding hydrogens is 622 g/mol. The van der Waals surface area contributed by atoms with Crippen LogP contribution >= 0.6 is 0 Å². The molecule has 7 nitrogen and oxygen atoms in total. The van der Waals surface area contributed by atoms with Gasteiger partial charge in [0.15, 0.2) is 0 Å². The molecule has 0 bridgehead atoms. The first-order valence-electron chi connectivity index (χ1n) is 15.4. The summed E-state index contributed by atoms with van der Waals surface area (Å²) in [5.74, 6) is -4.47. The fourth-order valence-electron chi connectivity index (χ4n) is 6.01. The number of allylic oxidation sites excluding steroid dienone is 1. The van der Waals surface area contributed by atoms with Crippen molar-refractivity contribution in [2.75, 3.05) is 5.73 Å². The third-order valence-electron chi connectivity index (χ3n) is 8.59. The molecule has 0 aliphatic rings. The van der Waals surface area contributed by atoms with Gasteiger partial charge in [-0.3, -0.25) is 14.4 Å². The Kier molecular flexibility index (Phi) is 14.9. The van der Waals surface area contributed by atoms with E-state index in [1.807, 2.05) is 85.8 Å². The number of hydrogen-bond donors (Lipinski definition) is 3. The Morgan fingerprint density at radius 1 is 0.750 bits per heavy atom. The number of nitrogens with two attached hydrogens (primary N) is 1. The Morgan fingerprint density at radius 3 is 1.94 bits per heavy atom. The zero-order valence-electron chi connectivity index (χ0n) is 25.8. The zero-order chi connectivity index (χ0) is 32.6. The normalized spacial score (nSPS) is 12.9. The SMILES string of the molecule is CC(C(C/C=C/c1ccc2ccccc2c1)c1ccc(N)cc1)N(Cc1ccc2ccccc2c1)C(=O)CC(CC(=O)O)C(=O)O.[NaH].[NaH]. The standard InChI is InChI=1S/C39H38N2O5.2Na.2H/c1-26(36(31-17-19-35(40)20-18-31)12-6-7-27-13-15-29-8-2-4-10-32(29)21-27)41(37(42)23-34(39(45)46)24-38(43)44)25-28-14-16-30-9-3-5-11-33(30)22-28;;;;/h2-11,13-22,26,34,36H,12,23-25,40H2,1H3,(H,43,44)(H,45,46);;;;/b7-6+;;;;. The van der Waals surface area contributed by atoms with Crippen molar-refractivity contribution in [3.8, 4) is 0 Å². The van der Waals surface area contributed by atoms with Gasteiger partial charge in [0, 0.05) is 30.6 Å². The van der Waals surface area contributed by atoms with Crippen molar-refractivity contribution in [3.63, 3.8) is 0 Å². The molecule has 5 rings (SSSR count). The summed E-state index contributed by atoms with van der Waals surface area (Å²) in [6.45, 7) is 2.21. The van der Waals surface area contributed by atoms with E-state index in [9.17, 15) is 24.6 Å². The van der Waals surface area contributed by atoms with Crippen LogP contribution in [-0.4, -0.2) is 98.1 Å². The first-order valence-corrected chi connectivity index (χ1v) is 15.4. The van der Waals surface area contributed by atoms with E-state index in [1.165, 1.54) is 5.39 Å². The van der Waals surface area contributed by atoms with E-state index in [-0.39, 0.29) is 77.6 Å². The molecular formula is C39H40N2Na2O5. The minimum atomic E-state index is -1.33. The first kappa shape index (κ1) is 39.0. The zero-order valence-corrected chi connectivity index (χ0v) is 25.8. The monoisotopic (exact) mass is 662 g/mol. The van der Waals surface area contributed by atoms with E-state index >= 15 is 0 Å². The van der Waals surface area contributed by atoms with Crippen molar-refractivity contribution in [2.24, 2.45) is 5.92 Å². The number of carbonyl (C=O) groups is 3. The quantitative estimate of drug-likeness (QED) is 0.0985. The van der Waals surface area contributed by atoms with Gasteiger partial charge in [-0.1, -0.05) is 97.1 Å². The summed E-state index contributed by atoms with van der Waals surface area (Å²) in [5, 5.41) is 23.5. The van der Waals surface area contributed by atoms with E-state index in [0.29, 0.717) is 12.1 Å². The summed E-state index contributed by atoms with van der Waals surface area (Å²) in [4.78, 5) is 39.1. The van der Waals surface area contributed by atoms with Crippen LogP contribution < -0.4 is 5.73 Å². The molecule has 0 heterocycles. The number of anilines is 1. The maximum atomic E-state index is 14.0. The predicted molar refractivity (Wildman–Crippen MR) is 197 cm³/mol. The molecule has 238 valence electrons. The number of hydrogen-bond acceptors (Lipinski definition) is 4. The fourth-order valence-corrected chi connectivity index (χ4v) is 6.01. The Hall–Kier alpha value is -3.43. The second-order valence-electron chi connectivity index (χ2n) is 11.8. The molecule has 3 unspecified atom stereocenters. The van der Waals surface area contributed by atoms with Gasteiger partial charge in [0.05, 0.1) is 12.3 Å². The molecule has 5 aromatic rings. The second kappa shape index (κ2) is 18.4. The van der Waals surface area contributed by atoms with Crippen LogP contribution in [0.2, 0.25) is 0 Å². The molecule has 0 aliphatic heterocycles. The molecule has 0 radical (unpaired) electrons. The molecule has 0 fully saturated rings. The number of amides is 1. The molecule has 0 aromatic heterocycles. The van der Waals surface area contributed by atoms with Crippen LogP contribution in [0.1, 0.15) is 48.8 Å². The van der Waals surface area contributed by atoms with Gasteiger partial charge in [-0.15, -0.1) is 0 Å². The second-order valence-corrected chi connectivity index (χ2v) is 11.8. The summed E-state index contributed by atoms with van der Waals surface area (Å²) in [6, 6.07) is 35.7. The summed E-state index contributed by atoms with van der Waals surface area (Å²) < 4.78 is 0. The molecule has 1 amide bonds. The van der Waals surface area contributed by atoms with Crippen molar-refractivity contribution in [2.45, 2.75) is 44.7 Å². The molecule has 0 aliphatic carbocycles. The molecule has 0 saturated carbocycles. The number of aliphatic carboxylic acids is 2. The number of rotatable bonds is 13. The molecule has 5 aromatic carbocycles. The van der Waals surface area contributed by atoms with Crippen LogP contribution in [0.5, 0.6) is 0 Å². The van der Waals surface area contributed by atoms with Gasteiger partial charge in [-0.25, -0.2) is 0 Å². The minimum absolute atomic E-state index is 0. The van der Waals surface area contributed by atoms with E-state index in [4.69, 9.17) is 5.73 Å². The van der Waals surface area contributed by atoms with Crippen LogP contribution in [0, 0.1) is 5.92 Å². The van der Waals surface area contributed by atoms with Crippen LogP contribution in [0.4, 0.5) is 5.69 Å². The van der Waals surface area contributed by atoms with E-state index < -0.39 is 36.6 Å². The molecule has 9 heteroatoms. The fraction of sp³-hybridized carbons (Fsp3) is 0.205. The number of carboxylic acids is 2. The predicted octanol–water partition coefficient (Wildman–Crippen LogP) is 6.45. The molecule has 3 atom stereocenters. The van der Waals surface area contributed by atoms with Crippen molar-refractivity contribution in [1.29, 1.82) is 0 Å². The Balaban J connectivity index is 0.00000312.